The van der Waals surface area contributed by atoms with Gasteiger partial charge in [0.1, 0.15) is 0 Å². The van der Waals surface area contributed by atoms with Gasteiger partial charge in [0.25, 0.3) is 0 Å². The number of hydrogen-bond donors (Lipinski definition) is 2. The molecule has 2 rings (SSSR count). The Labute approximate surface area is 150 Å². The van der Waals surface area contributed by atoms with E-state index >= 15 is 0 Å². The predicted molar refractivity (Wildman–Crippen MR) is 96.0 cm³/mol. The lowest BCUT2D eigenvalue weighted by Crippen LogP contribution is -2.23. The fourth-order valence-corrected chi connectivity index (χ4v) is 2.86. The summed E-state index contributed by atoms with van der Waals surface area (Å²) in [6.07, 6.45) is 1.69. The standard InChI is InChI=1S/C16H22N6O2S/c1-3-5-15(24)18-13-7-4-6-12(10-13)11-17-14(23)8-9-25-16-19-20-21-22(16)2/h4,6-7,10H,3,5,8-9,11H2,1-2H3,(H,17,23)(H,18,24). The highest BCUT2D eigenvalue weighted by atomic mass is 32.2. The molecule has 0 aliphatic carbocycles. The van der Waals surface area contributed by atoms with E-state index in [1.807, 2.05) is 31.2 Å². The van der Waals surface area contributed by atoms with Crippen molar-refractivity contribution in [1.82, 2.24) is 25.5 Å². The molecule has 0 saturated heterocycles. The number of rotatable bonds is 9. The van der Waals surface area contributed by atoms with Crippen molar-refractivity contribution in [1.29, 1.82) is 0 Å². The average Bonchev–Trinajstić information content (AvgIpc) is 2.99. The van der Waals surface area contributed by atoms with Crippen molar-refractivity contribution < 1.29 is 9.59 Å². The summed E-state index contributed by atoms with van der Waals surface area (Å²) in [4.78, 5) is 23.6. The molecule has 9 heteroatoms. The number of nitrogens with zero attached hydrogens (tertiary/aromatic N) is 4. The molecular weight excluding hydrogens is 340 g/mol. The molecule has 0 aliphatic rings. The van der Waals surface area contributed by atoms with Crippen molar-refractivity contribution in [3.63, 3.8) is 0 Å². The number of benzene rings is 1. The Hall–Kier alpha value is -2.42. The Bertz CT molecular complexity index is 718. The lowest BCUT2D eigenvalue weighted by atomic mass is 10.2. The zero-order valence-corrected chi connectivity index (χ0v) is 15.2. The Morgan fingerprint density at radius 3 is 2.80 bits per heavy atom. The minimum atomic E-state index is -0.0388. The summed E-state index contributed by atoms with van der Waals surface area (Å²) in [5.41, 5.74) is 1.68. The Morgan fingerprint density at radius 1 is 1.24 bits per heavy atom. The molecule has 8 nitrogen and oxygen atoms in total. The van der Waals surface area contributed by atoms with Crippen LogP contribution in [-0.2, 0) is 23.2 Å². The second kappa shape index (κ2) is 9.77. The van der Waals surface area contributed by atoms with Gasteiger partial charge in [-0.1, -0.05) is 30.8 Å². The molecule has 1 aromatic carbocycles. The summed E-state index contributed by atoms with van der Waals surface area (Å²) in [6, 6.07) is 7.48. The lowest BCUT2D eigenvalue weighted by molar-refractivity contribution is -0.121. The summed E-state index contributed by atoms with van der Waals surface area (Å²) in [5.74, 6) is 0.565. The molecule has 0 bridgehead atoms. The maximum absolute atomic E-state index is 11.9. The predicted octanol–water partition coefficient (Wildman–Crippen LogP) is 1.75. The second-order valence-corrected chi connectivity index (χ2v) is 6.52. The molecule has 0 spiro atoms. The number of nitrogens with one attached hydrogen (secondary N) is 2. The number of hydrogen-bond acceptors (Lipinski definition) is 6. The minimum absolute atomic E-state index is 0.000949. The molecule has 1 aromatic heterocycles. The van der Waals surface area contributed by atoms with Gasteiger partial charge in [0.05, 0.1) is 0 Å². The summed E-state index contributed by atoms with van der Waals surface area (Å²) < 4.78 is 1.57. The summed E-state index contributed by atoms with van der Waals surface area (Å²) in [6.45, 7) is 2.39. The van der Waals surface area contributed by atoms with Crippen LogP contribution in [0.25, 0.3) is 0 Å². The highest BCUT2D eigenvalue weighted by Gasteiger charge is 2.07. The van der Waals surface area contributed by atoms with E-state index in [1.54, 1.807) is 11.7 Å². The van der Waals surface area contributed by atoms with Crippen LogP contribution < -0.4 is 10.6 Å². The van der Waals surface area contributed by atoms with Gasteiger partial charge in [-0.05, 0) is 34.5 Å². The molecule has 0 aliphatic heterocycles. The van der Waals surface area contributed by atoms with Crippen LogP contribution in [-0.4, -0.2) is 37.8 Å². The van der Waals surface area contributed by atoms with Gasteiger partial charge in [-0.2, -0.15) is 0 Å². The van der Waals surface area contributed by atoms with E-state index in [1.165, 1.54) is 11.8 Å². The van der Waals surface area contributed by atoms with Crippen LogP contribution in [0.3, 0.4) is 0 Å². The van der Waals surface area contributed by atoms with Gasteiger partial charge in [0.15, 0.2) is 0 Å². The van der Waals surface area contributed by atoms with Crippen LogP contribution in [0.5, 0.6) is 0 Å². The van der Waals surface area contributed by atoms with E-state index in [0.29, 0.717) is 30.3 Å². The van der Waals surface area contributed by atoms with Gasteiger partial charge in [-0.25, -0.2) is 4.68 Å². The molecule has 0 fully saturated rings. The zero-order chi connectivity index (χ0) is 18.1. The second-order valence-electron chi connectivity index (χ2n) is 5.46. The maximum atomic E-state index is 11.9. The van der Waals surface area contributed by atoms with Crippen molar-refractivity contribution >= 4 is 29.3 Å². The number of amides is 2. The van der Waals surface area contributed by atoms with Gasteiger partial charge in [0, 0.05) is 37.9 Å². The van der Waals surface area contributed by atoms with Crippen molar-refractivity contribution in [3.05, 3.63) is 29.8 Å². The monoisotopic (exact) mass is 362 g/mol. The third kappa shape index (κ3) is 6.54. The number of carbonyl (C=O) groups is 2. The number of carbonyl (C=O) groups excluding carboxylic acids is 2. The van der Waals surface area contributed by atoms with Crippen molar-refractivity contribution in [2.45, 2.75) is 37.9 Å². The first-order chi connectivity index (χ1) is 12.1. The van der Waals surface area contributed by atoms with Gasteiger partial charge in [-0.3, -0.25) is 9.59 Å². The fourth-order valence-electron chi connectivity index (χ4n) is 2.08. The van der Waals surface area contributed by atoms with Crippen molar-refractivity contribution in [2.75, 3.05) is 11.1 Å². The first-order valence-corrected chi connectivity index (χ1v) is 9.07. The minimum Gasteiger partial charge on any atom is -0.352 e. The van der Waals surface area contributed by atoms with Crippen molar-refractivity contribution in [2.24, 2.45) is 7.05 Å². The summed E-state index contributed by atoms with van der Waals surface area (Å²) in [7, 11) is 1.76. The number of tetrazole rings is 1. The quantitative estimate of drug-likeness (QED) is 0.659. The van der Waals surface area contributed by atoms with Crippen LogP contribution in [0.15, 0.2) is 29.4 Å². The van der Waals surface area contributed by atoms with Crippen LogP contribution in [0, 0.1) is 0 Å². The molecule has 134 valence electrons. The molecule has 0 saturated carbocycles. The van der Waals surface area contributed by atoms with E-state index in [-0.39, 0.29) is 11.8 Å². The Morgan fingerprint density at radius 2 is 2.08 bits per heavy atom. The van der Waals surface area contributed by atoms with Crippen LogP contribution in [0.1, 0.15) is 31.7 Å². The largest absolute Gasteiger partial charge is 0.352 e. The summed E-state index contributed by atoms with van der Waals surface area (Å²) in [5, 5.41) is 17.5. The molecule has 0 unspecified atom stereocenters. The molecule has 1 heterocycles. The van der Waals surface area contributed by atoms with E-state index in [2.05, 4.69) is 26.2 Å². The number of aromatic nitrogens is 4. The highest BCUT2D eigenvalue weighted by Crippen LogP contribution is 2.14. The smallest absolute Gasteiger partial charge is 0.224 e. The number of thioether (sulfide) groups is 1. The first kappa shape index (κ1) is 18.9. The maximum Gasteiger partial charge on any atom is 0.224 e. The molecule has 2 amide bonds. The topological polar surface area (TPSA) is 102 Å². The zero-order valence-electron chi connectivity index (χ0n) is 14.4. The Balaban J connectivity index is 1.73. The van der Waals surface area contributed by atoms with Crippen molar-refractivity contribution in [3.8, 4) is 0 Å². The van der Waals surface area contributed by atoms with Crippen LogP contribution in [0.4, 0.5) is 5.69 Å². The number of anilines is 1. The molecule has 0 radical (unpaired) electrons. The van der Waals surface area contributed by atoms with Gasteiger partial charge in [0.2, 0.25) is 17.0 Å². The molecule has 25 heavy (non-hydrogen) atoms. The molecular formula is C16H22N6O2S. The normalized spacial score (nSPS) is 10.5. The van der Waals surface area contributed by atoms with Gasteiger partial charge < -0.3 is 10.6 Å². The first-order valence-electron chi connectivity index (χ1n) is 8.09. The fraction of sp³-hybridized carbons (Fsp3) is 0.438. The molecule has 2 aromatic rings. The van der Waals surface area contributed by atoms with Gasteiger partial charge in [-0.15, -0.1) is 5.10 Å². The average molecular weight is 362 g/mol. The van der Waals surface area contributed by atoms with E-state index < -0.39 is 0 Å². The third-order valence-electron chi connectivity index (χ3n) is 3.32. The molecule has 0 atom stereocenters. The van der Waals surface area contributed by atoms with E-state index in [0.717, 1.165) is 17.7 Å². The van der Waals surface area contributed by atoms with Crippen LogP contribution in [0.2, 0.25) is 0 Å². The van der Waals surface area contributed by atoms with Crippen LogP contribution >= 0.6 is 11.8 Å². The van der Waals surface area contributed by atoms with E-state index in [9.17, 15) is 9.59 Å². The van der Waals surface area contributed by atoms with Gasteiger partial charge >= 0.3 is 0 Å². The molecule has 2 N–H and O–H groups in total. The Kier molecular flexibility index (Phi) is 7.39. The SMILES string of the molecule is CCCC(=O)Nc1cccc(CNC(=O)CCSc2nnnn2C)c1. The third-order valence-corrected chi connectivity index (χ3v) is 4.33. The van der Waals surface area contributed by atoms with E-state index in [4.69, 9.17) is 0 Å². The highest BCUT2D eigenvalue weighted by molar-refractivity contribution is 7.99. The number of aryl methyl sites for hydroxylation is 1. The summed E-state index contributed by atoms with van der Waals surface area (Å²) >= 11 is 1.44. The lowest BCUT2D eigenvalue weighted by Gasteiger charge is -2.08.